The van der Waals surface area contributed by atoms with Gasteiger partial charge in [0.25, 0.3) is 0 Å². The van der Waals surface area contributed by atoms with E-state index < -0.39 is 114 Å². The summed E-state index contributed by atoms with van der Waals surface area (Å²) >= 11 is 0. The number of carboxylic acid groups (broad SMARTS) is 1. The van der Waals surface area contributed by atoms with Gasteiger partial charge in [0.05, 0.1) is 42.7 Å². The van der Waals surface area contributed by atoms with E-state index in [9.17, 15) is 48.3 Å². The number of likely N-dealkylation sites (N-methyl/N-ethyl adjacent to an activating group) is 2. The number of aliphatic carboxylic acids is 1. The zero-order valence-electron chi connectivity index (χ0n) is 52.2. The van der Waals surface area contributed by atoms with Crippen molar-refractivity contribution in [1.82, 2.24) is 41.3 Å². The lowest BCUT2D eigenvalue weighted by Gasteiger charge is -2.41. The number of rotatable bonds is 34. The first kappa shape index (κ1) is 71.4. The lowest BCUT2D eigenvalue weighted by atomic mass is 9.89. The first-order valence-corrected chi connectivity index (χ1v) is 29.5. The number of benzene rings is 2. The average Bonchev–Trinajstić information content (AvgIpc) is 4.10. The largest absolute Gasteiger partial charge is 0.480 e. The normalized spacial score (nSPS) is 16.9. The minimum atomic E-state index is -1.18. The fraction of sp³-hybridized carbons (Fsp3) is 0.656. The molecule has 0 saturated carbocycles. The van der Waals surface area contributed by atoms with E-state index >= 15 is 0 Å². The standard InChI is InChI=1S/C61H98N10O13/c1-16-39(10)52(47(82-14)33-48(72)71-31-21-25-46(71)53(83-15)40(11)54(73)67-45(59(78)79)32-41-22-18-17-19-23-41)69(12)58(77)50(36(4)5)68-57(76)51(37(6)7)70(13)61(81)84-34-42-26-28-43(29-27-42)65-55(74)44(24-20-30-63-60(62)80)66-56(75)49(35(2)3)64-38(8)9/h17-19,22-23,26-29,35-40,44-47,49-53,64H,16,20-21,24-25,30-34H2,1-15H3,(H,65,74)(H,66,75)(H,67,73)(H,68,76)(H,78,79)(H3,62,63,80)/t39-,40+,44-,45-,46-,47+,49-,50-,51-,52-,53+/m0/s1. The summed E-state index contributed by atoms with van der Waals surface area (Å²) in [5.74, 6) is -5.69. The van der Waals surface area contributed by atoms with Crippen molar-refractivity contribution in [3.63, 3.8) is 0 Å². The van der Waals surface area contributed by atoms with Crippen LogP contribution in [-0.2, 0) is 60.8 Å². The number of amides is 9. The molecule has 1 heterocycles. The maximum Gasteiger partial charge on any atom is 0.410 e. The van der Waals surface area contributed by atoms with Gasteiger partial charge in [-0.15, -0.1) is 0 Å². The molecule has 1 saturated heterocycles. The third kappa shape index (κ3) is 21.3. The molecule has 0 spiro atoms. The molecule has 11 atom stereocenters. The van der Waals surface area contributed by atoms with Gasteiger partial charge < -0.3 is 66.8 Å². The fourth-order valence-electron chi connectivity index (χ4n) is 10.8. The van der Waals surface area contributed by atoms with Crippen LogP contribution >= 0.6 is 0 Å². The van der Waals surface area contributed by atoms with Gasteiger partial charge in [-0.25, -0.2) is 14.4 Å². The van der Waals surface area contributed by atoms with Crippen LogP contribution in [0, 0.1) is 29.6 Å². The van der Waals surface area contributed by atoms with Crippen molar-refractivity contribution in [3.8, 4) is 0 Å². The van der Waals surface area contributed by atoms with Crippen molar-refractivity contribution in [2.24, 2.45) is 35.3 Å². The molecule has 9 N–H and O–H groups in total. The highest BCUT2D eigenvalue weighted by molar-refractivity contribution is 5.98. The summed E-state index contributed by atoms with van der Waals surface area (Å²) in [5, 5.41) is 27.0. The second-order valence-electron chi connectivity index (χ2n) is 23.5. The predicted molar refractivity (Wildman–Crippen MR) is 320 cm³/mol. The molecule has 0 aromatic heterocycles. The van der Waals surface area contributed by atoms with E-state index in [-0.39, 0.29) is 62.1 Å². The first-order valence-electron chi connectivity index (χ1n) is 29.5. The number of hydrogen-bond donors (Lipinski definition) is 8. The highest BCUT2D eigenvalue weighted by Gasteiger charge is 2.44. The molecule has 0 radical (unpaired) electrons. The van der Waals surface area contributed by atoms with Crippen LogP contribution in [-0.4, -0.2) is 175 Å². The molecule has 1 aliphatic heterocycles. The molecular weight excluding hydrogens is 1080 g/mol. The van der Waals surface area contributed by atoms with Crippen LogP contribution in [0.3, 0.4) is 0 Å². The Kier molecular flexibility index (Phi) is 29.6. The molecule has 9 amide bonds. The Morgan fingerprint density at radius 2 is 1.35 bits per heavy atom. The summed E-state index contributed by atoms with van der Waals surface area (Å²) in [4.78, 5) is 126. The fourth-order valence-corrected chi connectivity index (χ4v) is 10.8. The Hall–Kier alpha value is -6.85. The number of hydrogen-bond acceptors (Lipinski definition) is 13. The Morgan fingerprint density at radius 1 is 0.726 bits per heavy atom. The van der Waals surface area contributed by atoms with Gasteiger partial charge in [0, 0.05) is 59.6 Å². The molecule has 3 rings (SSSR count). The zero-order chi connectivity index (χ0) is 63.1. The van der Waals surface area contributed by atoms with Crippen LogP contribution in [0.15, 0.2) is 54.6 Å². The Labute approximate surface area is 497 Å². The van der Waals surface area contributed by atoms with Gasteiger partial charge in [0.2, 0.25) is 35.4 Å². The molecule has 470 valence electrons. The third-order valence-corrected chi connectivity index (χ3v) is 15.6. The summed E-state index contributed by atoms with van der Waals surface area (Å²) < 4.78 is 17.7. The molecule has 0 aliphatic carbocycles. The lowest BCUT2D eigenvalue weighted by molar-refractivity contribution is -0.148. The van der Waals surface area contributed by atoms with Gasteiger partial charge in [0.15, 0.2) is 0 Å². The van der Waals surface area contributed by atoms with E-state index in [0.29, 0.717) is 43.5 Å². The number of nitrogens with two attached hydrogens (primary N) is 1. The maximum absolute atomic E-state index is 14.8. The SMILES string of the molecule is CC[C@H](C)[C@@H]([C@@H](CC(=O)N1CCC[C@H]1[C@H](OC)[C@@H](C)C(=O)N[C@@H](Cc1ccccc1)C(=O)O)OC)N(C)C(=O)[C@@H](NC(=O)[C@H](C(C)C)N(C)C(=O)OCc1ccc(NC(=O)[C@H](CCCNC(N)=O)NC(=O)[C@@H](NC(C)C)C(C)C)cc1)C(C)C. The minimum absolute atomic E-state index is 0.0148. The number of urea groups is 1. The van der Waals surface area contributed by atoms with Crippen molar-refractivity contribution in [3.05, 3.63) is 65.7 Å². The number of carboxylic acids is 1. The lowest BCUT2D eigenvalue weighted by Crippen LogP contribution is -2.60. The Balaban J connectivity index is 1.72. The summed E-state index contributed by atoms with van der Waals surface area (Å²) in [5.41, 5.74) is 6.95. The van der Waals surface area contributed by atoms with E-state index in [4.69, 9.17) is 19.9 Å². The number of carbonyl (C=O) groups is 9. The minimum Gasteiger partial charge on any atom is -0.480 e. The van der Waals surface area contributed by atoms with Crippen LogP contribution in [0.4, 0.5) is 15.3 Å². The summed E-state index contributed by atoms with van der Waals surface area (Å²) in [7, 11) is 6.02. The number of carbonyl (C=O) groups excluding carboxylic acids is 8. The van der Waals surface area contributed by atoms with Crippen LogP contribution in [0.1, 0.15) is 126 Å². The van der Waals surface area contributed by atoms with E-state index in [0.717, 1.165) is 5.56 Å². The molecule has 23 nitrogen and oxygen atoms in total. The highest BCUT2D eigenvalue weighted by Crippen LogP contribution is 2.30. The second-order valence-corrected chi connectivity index (χ2v) is 23.5. The van der Waals surface area contributed by atoms with E-state index in [1.165, 1.54) is 31.1 Å². The van der Waals surface area contributed by atoms with Crippen LogP contribution in [0.25, 0.3) is 0 Å². The third-order valence-electron chi connectivity index (χ3n) is 15.6. The number of primary amides is 1. The van der Waals surface area contributed by atoms with Gasteiger partial charge >= 0.3 is 18.1 Å². The average molecular weight is 1180 g/mol. The maximum atomic E-state index is 14.8. The first-order chi connectivity index (χ1) is 39.6. The number of methoxy groups -OCH3 is 2. The summed E-state index contributed by atoms with van der Waals surface area (Å²) in [6.45, 7) is 20.8. The van der Waals surface area contributed by atoms with E-state index in [1.807, 2.05) is 47.6 Å². The number of anilines is 1. The molecule has 0 bridgehead atoms. The Morgan fingerprint density at radius 3 is 1.88 bits per heavy atom. The zero-order valence-corrected chi connectivity index (χ0v) is 52.2. The molecule has 1 aliphatic rings. The summed E-state index contributed by atoms with van der Waals surface area (Å²) in [6, 6.07) is 8.95. The van der Waals surface area contributed by atoms with Crippen LogP contribution in [0.5, 0.6) is 0 Å². The van der Waals surface area contributed by atoms with Gasteiger partial charge in [0.1, 0.15) is 30.8 Å². The van der Waals surface area contributed by atoms with E-state index in [1.54, 1.807) is 95.1 Å². The highest BCUT2D eigenvalue weighted by atomic mass is 16.6. The molecular formula is C61H98N10O13. The van der Waals surface area contributed by atoms with Crippen molar-refractivity contribution in [2.75, 3.05) is 46.7 Å². The number of likely N-dealkylation sites (tertiary alicyclic amines) is 1. The molecule has 1 fully saturated rings. The number of ether oxygens (including phenoxy) is 3. The van der Waals surface area contributed by atoms with Gasteiger partial charge in [-0.3, -0.25) is 33.7 Å². The number of nitrogens with one attached hydrogen (secondary N) is 6. The molecule has 2 aromatic rings. The summed E-state index contributed by atoms with van der Waals surface area (Å²) in [6.07, 6.45) is -0.0168. The molecule has 2 aromatic carbocycles. The van der Waals surface area contributed by atoms with Crippen molar-refractivity contribution >= 4 is 59.2 Å². The van der Waals surface area contributed by atoms with Gasteiger partial charge in [-0.05, 0) is 72.6 Å². The molecule has 84 heavy (non-hydrogen) atoms. The monoisotopic (exact) mass is 1180 g/mol. The van der Waals surface area contributed by atoms with Gasteiger partial charge in [-0.2, -0.15) is 0 Å². The van der Waals surface area contributed by atoms with Crippen LogP contribution in [0.2, 0.25) is 0 Å². The van der Waals surface area contributed by atoms with Crippen molar-refractivity contribution in [1.29, 1.82) is 0 Å². The quantitative estimate of drug-likeness (QED) is 0.0426. The topological polar surface area (TPSA) is 309 Å². The van der Waals surface area contributed by atoms with E-state index in [2.05, 4.69) is 31.9 Å². The van der Waals surface area contributed by atoms with Crippen molar-refractivity contribution < 1.29 is 62.5 Å². The van der Waals surface area contributed by atoms with Crippen LogP contribution < -0.4 is 37.6 Å². The van der Waals surface area contributed by atoms with Crippen molar-refractivity contribution in [2.45, 2.75) is 188 Å². The Bertz CT molecular complexity index is 2460. The molecule has 0 unspecified atom stereocenters. The smallest absolute Gasteiger partial charge is 0.410 e. The molecule has 23 heteroatoms. The predicted octanol–water partition coefficient (Wildman–Crippen LogP) is 5.05. The van der Waals surface area contributed by atoms with Gasteiger partial charge in [-0.1, -0.05) is 125 Å². The number of nitrogens with zero attached hydrogens (tertiary/aromatic N) is 3. The second kappa shape index (κ2) is 34.8.